The first-order valence-electron chi connectivity index (χ1n) is 30.1. The van der Waals surface area contributed by atoms with E-state index in [4.69, 9.17) is 18.9 Å². The lowest BCUT2D eigenvalue weighted by Gasteiger charge is -2.29. The van der Waals surface area contributed by atoms with Crippen molar-refractivity contribution in [1.29, 1.82) is 0 Å². The van der Waals surface area contributed by atoms with Crippen molar-refractivity contribution in [3.05, 3.63) is 0 Å². The summed E-state index contributed by atoms with van der Waals surface area (Å²) in [5.41, 5.74) is 0. The maximum Gasteiger partial charge on any atom is 0.307 e. The number of rotatable bonds is 56. The van der Waals surface area contributed by atoms with Crippen molar-refractivity contribution in [2.45, 2.75) is 252 Å². The Morgan fingerprint density at radius 3 is 0.789 bits per heavy atom. The van der Waals surface area contributed by atoms with E-state index in [9.17, 15) is 19.2 Å². The zero-order valence-corrected chi connectivity index (χ0v) is 47.7. The molecule has 12 nitrogen and oxygen atoms in total. The molecule has 0 aromatic heterocycles. The van der Waals surface area contributed by atoms with E-state index in [1.54, 1.807) is 0 Å². The summed E-state index contributed by atoms with van der Waals surface area (Å²) in [6, 6.07) is 0. The van der Waals surface area contributed by atoms with Crippen molar-refractivity contribution in [2.75, 3.05) is 106 Å². The average Bonchev–Trinajstić information content (AvgIpc) is 3.37. The fourth-order valence-electron chi connectivity index (χ4n) is 8.98. The highest BCUT2D eigenvalue weighted by Crippen LogP contribution is 2.14. The molecule has 0 aromatic rings. The first-order valence-corrected chi connectivity index (χ1v) is 30.1. The van der Waals surface area contributed by atoms with E-state index < -0.39 is 0 Å². The number of esters is 4. The van der Waals surface area contributed by atoms with Crippen LogP contribution in [0, 0.1) is 0 Å². The van der Waals surface area contributed by atoms with Gasteiger partial charge in [-0.05, 0) is 39.3 Å². The maximum absolute atomic E-state index is 12.8. The smallest absolute Gasteiger partial charge is 0.307 e. The zero-order chi connectivity index (χ0) is 52.1. The highest BCUT2D eigenvalue weighted by molar-refractivity contribution is 5.70. The van der Waals surface area contributed by atoms with Crippen molar-refractivity contribution in [1.82, 2.24) is 19.6 Å². The van der Waals surface area contributed by atoms with E-state index in [1.807, 2.05) is 0 Å². The van der Waals surface area contributed by atoms with Gasteiger partial charge in [0.25, 0.3) is 0 Å². The van der Waals surface area contributed by atoms with Crippen molar-refractivity contribution >= 4 is 23.9 Å². The number of nitrogens with zero attached hydrogens (tertiary/aromatic N) is 4. The van der Waals surface area contributed by atoms with E-state index in [0.717, 1.165) is 90.8 Å². The van der Waals surface area contributed by atoms with Gasteiger partial charge in [-0.2, -0.15) is 0 Å². The molecule has 0 fully saturated rings. The Hall–Kier alpha value is -2.28. The van der Waals surface area contributed by atoms with E-state index in [0.29, 0.717) is 65.3 Å². The molecule has 0 saturated carbocycles. The first-order chi connectivity index (χ1) is 34.7. The quantitative estimate of drug-likeness (QED) is 0.0328. The van der Waals surface area contributed by atoms with E-state index >= 15 is 0 Å². The summed E-state index contributed by atoms with van der Waals surface area (Å²) in [6.07, 6.45) is 39.5. The molecular weight excluding hydrogens is 893 g/mol. The normalized spacial score (nSPS) is 11.6. The van der Waals surface area contributed by atoms with Crippen LogP contribution < -0.4 is 0 Å². The van der Waals surface area contributed by atoms with Gasteiger partial charge in [-0.3, -0.25) is 19.2 Å². The summed E-state index contributed by atoms with van der Waals surface area (Å²) in [6.45, 7) is 18.4. The number of ether oxygens (including phenoxy) is 4. The van der Waals surface area contributed by atoms with Gasteiger partial charge in [-0.15, -0.1) is 0 Å². The molecule has 0 unspecified atom stereocenters. The molecule has 0 N–H and O–H groups in total. The number of carbonyl (C=O) groups is 4. The summed E-state index contributed by atoms with van der Waals surface area (Å²) < 4.78 is 21.8. The second-order valence-electron chi connectivity index (χ2n) is 20.6. The molecule has 0 aliphatic carbocycles. The van der Waals surface area contributed by atoms with Crippen LogP contribution in [0.2, 0.25) is 0 Å². The van der Waals surface area contributed by atoms with Crippen LogP contribution >= 0.6 is 0 Å². The van der Waals surface area contributed by atoms with Gasteiger partial charge in [-0.25, -0.2) is 0 Å². The van der Waals surface area contributed by atoms with Crippen LogP contribution in [0.1, 0.15) is 252 Å². The lowest BCUT2D eigenvalue weighted by atomic mass is 10.1. The number of likely N-dealkylation sites (N-methyl/N-ethyl adjacent to an activating group) is 1. The lowest BCUT2D eigenvalue weighted by Crippen LogP contribution is -2.42. The average molecular weight is 1010 g/mol. The number of hydrogen-bond acceptors (Lipinski definition) is 12. The van der Waals surface area contributed by atoms with Crippen LogP contribution in [-0.4, -0.2) is 149 Å². The Balaban J connectivity index is 4.99. The SMILES string of the molecule is CCCCCCCCCCCCOC(=O)CCN(CCC(=O)OCCCCCCCCCCCC)CCN(C)CCN(CCC)CCN(CCC(=O)OC)CCC(=O)OCCCCCCCCCCCC. The molecule has 0 amide bonds. The Kier molecular flexibility index (Phi) is 52.3. The van der Waals surface area contributed by atoms with Crippen molar-refractivity contribution in [3.63, 3.8) is 0 Å². The van der Waals surface area contributed by atoms with Crippen LogP contribution in [0.3, 0.4) is 0 Å². The second kappa shape index (κ2) is 54.0. The topological polar surface area (TPSA) is 118 Å². The molecule has 0 aromatic carbocycles. The molecule has 0 saturated heterocycles. The van der Waals surface area contributed by atoms with E-state index in [1.165, 1.54) is 161 Å². The Morgan fingerprint density at radius 1 is 0.282 bits per heavy atom. The Bertz CT molecular complexity index is 1150. The van der Waals surface area contributed by atoms with Gasteiger partial charge in [0.1, 0.15) is 0 Å². The molecule has 0 spiro atoms. The van der Waals surface area contributed by atoms with Gasteiger partial charge in [0, 0.05) is 65.4 Å². The zero-order valence-electron chi connectivity index (χ0n) is 47.7. The number of hydrogen-bond donors (Lipinski definition) is 0. The summed E-state index contributed by atoms with van der Waals surface area (Å²) in [4.78, 5) is 59.6. The van der Waals surface area contributed by atoms with Crippen LogP contribution in [-0.2, 0) is 38.1 Å². The standard InChI is InChI=1S/C59H116N4O8/c1-7-11-14-17-20-23-26-29-32-35-53-69-57(65)39-44-62(45-40-58(66)70-54-36-33-30-27-24-21-18-15-12-8-2)50-48-60(5)47-49-61(42-10-4)51-52-63(43-38-56(64)68-6)46-41-59(67)71-55-37-34-31-28-25-22-19-16-13-9-3/h7-55H2,1-6H3. The minimum atomic E-state index is -0.248. The van der Waals surface area contributed by atoms with Gasteiger partial charge >= 0.3 is 23.9 Å². The summed E-state index contributed by atoms with van der Waals surface area (Å²) in [7, 11) is 3.55. The van der Waals surface area contributed by atoms with Gasteiger partial charge in [0.15, 0.2) is 0 Å². The molecule has 0 atom stereocenters. The molecule has 12 heteroatoms. The number of methoxy groups -OCH3 is 1. The highest BCUT2D eigenvalue weighted by Gasteiger charge is 2.17. The molecule has 420 valence electrons. The second-order valence-corrected chi connectivity index (χ2v) is 20.6. The van der Waals surface area contributed by atoms with Crippen LogP contribution in [0.25, 0.3) is 0 Å². The third kappa shape index (κ3) is 49.7. The minimum absolute atomic E-state index is 0.167. The van der Waals surface area contributed by atoms with Gasteiger partial charge in [0.05, 0.1) is 52.6 Å². The van der Waals surface area contributed by atoms with Gasteiger partial charge in [-0.1, -0.05) is 201 Å². The largest absolute Gasteiger partial charge is 0.469 e. The highest BCUT2D eigenvalue weighted by atomic mass is 16.5. The summed E-state index contributed by atoms with van der Waals surface area (Å²) in [5.74, 6) is -0.755. The first kappa shape index (κ1) is 68.7. The third-order valence-electron chi connectivity index (χ3n) is 13.9. The van der Waals surface area contributed by atoms with Crippen molar-refractivity contribution < 1.29 is 38.1 Å². The Morgan fingerprint density at radius 2 is 0.521 bits per heavy atom. The van der Waals surface area contributed by atoms with E-state index in [-0.39, 0.29) is 30.3 Å². The van der Waals surface area contributed by atoms with Crippen LogP contribution in [0.4, 0.5) is 0 Å². The third-order valence-corrected chi connectivity index (χ3v) is 13.9. The molecule has 0 heterocycles. The fourth-order valence-corrected chi connectivity index (χ4v) is 8.98. The predicted molar refractivity (Wildman–Crippen MR) is 296 cm³/mol. The number of carbonyl (C=O) groups excluding carboxylic acids is 4. The van der Waals surface area contributed by atoms with Crippen LogP contribution in [0.15, 0.2) is 0 Å². The van der Waals surface area contributed by atoms with Crippen LogP contribution in [0.5, 0.6) is 0 Å². The molecule has 71 heavy (non-hydrogen) atoms. The molecule has 0 bridgehead atoms. The summed E-state index contributed by atoms with van der Waals surface area (Å²) in [5, 5.41) is 0. The molecule has 0 aliphatic heterocycles. The molecule has 0 aliphatic rings. The van der Waals surface area contributed by atoms with Crippen molar-refractivity contribution in [2.24, 2.45) is 0 Å². The molecular formula is C59H116N4O8. The minimum Gasteiger partial charge on any atom is -0.469 e. The van der Waals surface area contributed by atoms with E-state index in [2.05, 4.69) is 54.3 Å². The van der Waals surface area contributed by atoms with Crippen molar-refractivity contribution in [3.8, 4) is 0 Å². The predicted octanol–water partition coefficient (Wildman–Crippen LogP) is 13.4. The monoisotopic (exact) mass is 1010 g/mol. The number of unbranched alkanes of at least 4 members (excludes halogenated alkanes) is 27. The molecule has 0 rings (SSSR count). The Labute approximate surface area is 438 Å². The van der Waals surface area contributed by atoms with Gasteiger partial charge < -0.3 is 38.5 Å². The summed E-state index contributed by atoms with van der Waals surface area (Å²) >= 11 is 0. The van der Waals surface area contributed by atoms with Gasteiger partial charge in [0.2, 0.25) is 0 Å². The lowest BCUT2D eigenvalue weighted by molar-refractivity contribution is -0.145. The molecule has 0 radical (unpaired) electrons. The maximum atomic E-state index is 12.8. The fraction of sp³-hybridized carbons (Fsp3) is 0.932.